The van der Waals surface area contributed by atoms with Gasteiger partial charge in [0, 0.05) is 0 Å². The Kier molecular flexibility index (Phi) is 4.02. The predicted octanol–water partition coefficient (Wildman–Crippen LogP) is 3.78. The average Bonchev–Trinajstić information content (AvgIpc) is 3.15. The highest BCUT2D eigenvalue weighted by atomic mass is 32.1. The fourth-order valence-electron chi connectivity index (χ4n) is 2.04. The number of hydrogen-bond donors (Lipinski definition) is 1. The standard InChI is InChI=1S/C16H13FN2O2S/c1-10-19-14(16(20)18-9-13-3-2-8-21-13)15(22-10)11-4-6-12(17)7-5-11/h2-8H,9H2,1H3,(H,18,20). The number of halogens is 1. The number of carbonyl (C=O) groups is 1. The maximum absolute atomic E-state index is 13.0. The van der Waals surface area contributed by atoms with E-state index in [4.69, 9.17) is 4.42 Å². The molecule has 0 bridgehead atoms. The summed E-state index contributed by atoms with van der Waals surface area (Å²) < 4.78 is 18.2. The molecule has 1 aromatic carbocycles. The van der Waals surface area contributed by atoms with Gasteiger partial charge in [-0.15, -0.1) is 11.3 Å². The Bertz CT molecular complexity index is 779. The van der Waals surface area contributed by atoms with Crippen LogP contribution in [-0.2, 0) is 6.54 Å². The molecule has 0 aliphatic carbocycles. The Balaban J connectivity index is 1.84. The molecule has 0 saturated heterocycles. The topological polar surface area (TPSA) is 55.1 Å². The molecule has 0 aliphatic rings. The Morgan fingerprint density at radius 2 is 2.09 bits per heavy atom. The lowest BCUT2D eigenvalue weighted by atomic mass is 10.1. The van der Waals surface area contributed by atoms with Gasteiger partial charge in [-0.25, -0.2) is 9.37 Å². The van der Waals surface area contributed by atoms with Gasteiger partial charge in [0.25, 0.3) is 5.91 Å². The van der Waals surface area contributed by atoms with Crippen molar-refractivity contribution in [1.29, 1.82) is 0 Å². The summed E-state index contributed by atoms with van der Waals surface area (Å²) >= 11 is 1.41. The summed E-state index contributed by atoms with van der Waals surface area (Å²) in [6.45, 7) is 2.13. The zero-order chi connectivity index (χ0) is 15.5. The summed E-state index contributed by atoms with van der Waals surface area (Å²) in [5.74, 6) is 0.0810. The monoisotopic (exact) mass is 316 g/mol. The van der Waals surface area contributed by atoms with E-state index >= 15 is 0 Å². The van der Waals surface area contributed by atoms with Crippen molar-refractivity contribution in [2.24, 2.45) is 0 Å². The minimum atomic E-state index is -0.311. The summed E-state index contributed by atoms with van der Waals surface area (Å²) in [5, 5.41) is 3.55. The summed E-state index contributed by atoms with van der Waals surface area (Å²) in [6, 6.07) is 9.58. The molecule has 2 aromatic heterocycles. The van der Waals surface area contributed by atoms with Crippen molar-refractivity contribution in [2.75, 3.05) is 0 Å². The SMILES string of the molecule is Cc1nc(C(=O)NCc2ccco2)c(-c2ccc(F)cc2)s1. The van der Waals surface area contributed by atoms with Crippen molar-refractivity contribution < 1.29 is 13.6 Å². The molecule has 22 heavy (non-hydrogen) atoms. The average molecular weight is 316 g/mol. The number of thiazole rings is 1. The number of nitrogens with zero attached hydrogens (tertiary/aromatic N) is 1. The van der Waals surface area contributed by atoms with Crippen molar-refractivity contribution in [1.82, 2.24) is 10.3 Å². The van der Waals surface area contributed by atoms with Gasteiger partial charge in [-0.2, -0.15) is 0 Å². The highest BCUT2D eigenvalue weighted by molar-refractivity contribution is 7.15. The third-order valence-electron chi connectivity index (χ3n) is 3.06. The van der Waals surface area contributed by atoms with E-state index < -0.39 is 0 Å². The van der Waals surface area contributed by atoms with Crippen LogP contribution in [0.1, 0.15) is 21.3 Å². The number of rotatable bonds is 4. The van der Waals surface area contributed by atoms with Crippen molar-refractivity contribution >= 4 is 17.2 Å². The molecule has 0 saturated carbocycles. The molecule has 0 atom stereocenters. The molecule has 1 amide bonds. The Hall–Kier alpha value is -2.47. The van der Waals surface area contributed by atoms with E-state index in [-0.39, 0.29) is 11.7 Å². The second-order valence-electron chi connectivity index (χ2n) is 4.68. The normalized spacial score (nSPS) is 10.6. The lowest BCUT2D eigenvalue weighted by Gasteiger charge is -2.04. The van der Waals surface area contributed by atoms with E-state index in [2.05, 4.69) is 10.3 Å². The molecule has 3 aromatic rings. The van der Waals surface area contributed by atoms with Gasteiger partial charge in [0.2, 0.25) is 0 Å². The van der Waals surface area contributed by atoms with Crippen LogP contribution >= 0.6 is 11.3 Å². The predicted molar refractivity (Wildman–Crippen MR) is 82.1 cm³/mol. The first-order valence-electron chi connectivity index (χ1n) is 6.67. The molecule has 0 fully saturated rings. The number of benzene rings is 1. The molecule has 6 heteroatoms. The number of aryl methyl sites for hydroxylation is 1. The molecule has 0 spiro atoms. The Labute approximate surface area is 130 Å². The second-order valence-corrected chi connectivity index (χ2v) is 5.88. The van der Waals surface area contributed by atoms with Crippen LogP contribution in [-0.4, -0.2) is 10.9 Å². The third-order valence-corrected chi connectivity index (χ3v) is 4.08. The molecule has 2 heterocycles. The van der Waals surface area contributed by atoms with Gasteiger partial charge in [0.15, 0.2) is 0 Å². The van der Waals surface area contributed by atoms with Gasteiger partial charge in [-0.05, 0) is 36.8 Å². The number of furan rings is 1. The lowest BCUT2D eigenvalue weighted by Crippen LogP contribution is -2.23. The number of hydrogen-bond acceptors (Lipinski definition) is 4. The summed E-state index contributed by atoms with van der Waals surface area (Å²) in [5.41, 5.74) is 1.12. The first-order valence-corrected chi connectivity index (χ1v) is 7.49. The van der Waals surface area contributed by atoms with E-state index in [1.54, 1.807) is 30.5 Å². The van der Waals surface area contributed by atoms with Crippen LogP contribution < -0.4 is 5.32 Å². The first kappa shape index (κ1) is 14.5. The van der Waals surface area contributed by atoms with Gasteiger partial charge < -0.3 is 9.73 Å². The quantitative estimate of drug-likeness (QED) is 0.797. The zero-order valence-electron chi connectivity index (χ0n) is 11.8. The number of aromatic nitrogens is 1. The highest BCUT2D eigenvalue weighted by Gasteiger charge is 2.18. The molecule has 112 valence electrons. The molecular weight excluding hydrogens is 303 g/mol. The van der Waals surface area contributed by atoms with Crippen LogP contribution in [0.15, 0.2) is 47.1 Å². The van der Waals surface area contributed by atoms with Gasteiger partial charge in [-0.1, -0.05) is 12.1 Å². The molecule has 0 aliphatic heterocycles. The smallest absolute Gasteiger partial charge is 0.271 e. The lowest BCUT2D eigenvalue weighted by molar-refractivity contribution is 0.0944. The number of carbonyl (C=O) groups excluding carboxylic acids is 1. The summed E-state index contributed by atoms with van der Waals surface area (Å²) in [6.07, 6.45) is 1.55. The molecule has 1 N–H and O–H groups in total. The van der Waals surface area contributed by atoms with E-state index in [1.165, 1.54) is 23.5 Å². The number of nitrogens with one attached hydrogen (secondary N) is 1. The molecule has 4 nitrogen and oxygen atoms in total. The Morgan fingerprint density at radius 1 is 1.32 bits per heavy atom. The van der Waals surface area contributed by atoms with Crippen LogP contribution in [0.5, 0.6) is 0 Å². The second kappa shape index (κ2) is 6.11. The van der Waals surface area contributed by atoms with Gasteiger partial charge in [0.05, 0.1) is 22.7 Å². The molecule has 0 radical (unpaired) electrons. The zero-order valence-corrected chi connectivity index (χ0v) is 12.6. The summed E-state index contributed by atoms with van der Waals surface area (Å²) in [7, 11) is 0. The van der Waals surface area contributed by atoms with Crippen molar-refractivity contribution in [2.45, 2.75) is 13.5 Å². The maximum Gasteiger partial charge on any atom is 0.271 e. The highest BCUT2D eigenvalue weighted by Crippen LogP contribution is 2.30. The first-order chi connectivity index (χ1) is 10.6. The van der Waals surface area contributed by atoms with Crippen LogP contribution in [0, 0.1) is 12.7 Å². The maximum atomic E-state index is 13.0. The van der Waals surface area contributed by atoms with E-state index in [1.807, 2.05) is 6.92 Å². The van der Waals surface area contributed by atoms with E-state index in [0.29, 0.717) is 18.0 Å². The largest absolute Gasteiger partial charge is 0.467 e. The van der Waals surface area contributed by atoms with Crippen molar-refractivity contribution in [3.05, 3.63) is 64.9 Å². The van der Waals surface area contributed by atoms with Crippen LogP contribution in [0.3, 0.4) is 0 Å². The van der Waals surface area contributed by atoms with Crippen LogP contribution in [0.25, 0.3) is 10.4 Å². The fraction of sp³-hybridized carbons (Fsp3) is 0.125. The third kappa shape index (κ3) is 3.07. The minimum Gasteiger partial charge on any atom is -0.467 e. The van der Waals surface area contributed by atoms with Crippen LogP contribution in [0.2, 0.25) is 0 Å². The number of amides is 1. The van der Waals surface area contributed by atoms with Crippen LogP contribution in [0.4, 0.5) is 4.39 Å². The van der Waals surface area contributed by atoms with E-state index in [9.17, 15) is 9.18 Å². The molecule has 3 rings (SSSR count). The van der Waals surface area contributed by atoms with Gasteiger partial charge in [0.1, 0.15) is 17.3 Å². The van der Waals surface area contributed by atoms with Gasteiger partial charge >= 0.3 is 0 Å². The van der Waals surface area contributed by atoms with Crippen molar-refractivity contribution in [3.63, 3.8) is 0 Å². The van der Waals surface area contributed by atoms with Gasteiger partial charge in [-0.3, -0.25) is 4.79 Å². The van der Waals surface area contributed by atoms with Crippen molar-refractivity contribution in [3.8, 4) is 10.4 Å². The fourth-order valence-corrected chi connectivity index (χ4v) is 2.96. The molecule has 0 unspecified atom stereocenters. The molecular formula is C16H13FN2O2S. The summed E-state index contributed by atoms with van der Waals surface area (Å²) in [4.78, 5) is 17.4. The van der Waals surface area contributed by atoms with E-state index in [0.717, 1.165) is 15.4 Å². The Morgan fingerprint density at radius 3 is 2.77 bits per heavy atom. The minimum absolute atomic E-state index is 0.278.